The zero-order chi connectivity index (χ0) is 14.7. The highest BCUT2D eigenvalue weighted by Crippen LogP contribution is 2.28. The Morgan fingerprint density at radius 2 is 2.05 bits per heavy atom. The molecule has 2 aromatic rings. The van der Waals surface area contributed by atoms with Gasteiger partial charge in [-0.3, -0.25) is 0 Å². The topological polar surface area (TPSA) is 73.1 Å². The van der Waals surface area contributed by atoms with Crippen LogP contribution in [0.2, 0.25) is 5.02 Å². The molecule has 2 N–H and O–H groups in total. The number of anilines is 2. The molecule has 0 amide bonds. The number of rotatable bonds is 3. The van der Waals surface area contributed by atoms with E-state index in [2.05, 4.69) is 21.2 Å². The third-order valence-corrected chi connectivity index (χ3v) is 3.56. The lowest BCUT2D eigenvalue weighted by atomic mass is 10.2. The summed E-state index contributed by atoms with van der Waals surface area (Å²) in [5, 5.41) is 21.1. The van der Waals surface area contributed by atoms with Crippen molar-refractivity contribution in [3.05, 3.63) is 57.0 Å². The SMILES string of the molecule is N#Cc1ccc(Nc2ccc(Cl)c(C(=O)O)c2)c(Br)c1. The molecule has 0 atom stereocenters. The first-order chi connectivity index (χ1) is 9.51. The smallest absolute Gasteiger partial charge is 0.337 e. The number of nitrogens with one attached hydrogen (secondary N) is 1. The number of halogens is 2. The van der Waals surface area contributed by atoms with Crippen LogP contribution < -0.4 is 5.32 Å². The Kier molecular flexibility index (Phi) is 4.28. The van der Waals surface area contributed by atoms with Crippen molar-refractivity contribution in [2.24, 2.45) is 0 Å². The number of carboxylic acids is 1. The maximum atomic E-state index is 11.0. The summed E-state index contributed by atoms with van der Waals surface area (Å²) < 4.78 is 0.711. The molecule has 0 spiro atoms. The minimum atomic E-state index is -1.09. The van der Waals surface area contributed by atoms with Crippen LogP contribution in [0, 0.1) is 11.3 Å². The Bertz CT molecular complexity index is 726. The second-order valence-electron chi connectivity index (χ2n) is 3.93. The lowest BCUT2D eigenvalue weighted by Gasteiger charge is -2.10. The van der Waals surface area contributed by atoms with Crippen molar-refractivity contribution in [3.8, 4) is 6.07 Å². The van der Waals surface area contributed by atoms with Crippen LogP contribution in [0.5, 0.6) is 0 Å². The molecule has 20 heavy (non-hydrogen) atoms. The molecule has 2 rings (SSSR count). The van der Waals surface area contributed by atoms with Crippen molar-refractivity contribution < 1.29 is 9.90 Å². The highest BCUT2D eigenvalue weighted by atomic mass is 79.9. The Labute approximate surface area is 128 Å². The van der Waals surface area contributed by atoms with E-state index in [1.54, 1.807) is 24.3 Å². The van der Waals surface area contributed by atoms with Crippen LogP contribution >= 0.6 is 27.5 Å². The molecule has 100 valence electrons. The van der Waals surface area contributed by atoms with E-state index in [1.165, 1.54) is 12.1 Å². The molecule has 0 saturated heterocycles. The zero-order valence-electron chi connectivity index (χ0n) is 10.0. The summed E-state index contributed by atoms with van der Waals surface area (Å²) in [5.74, 6) is -1.09. The molecule has 0 aliphatic heterocycles. The summed E-state index contributed by atoms with van der Waals surface area (Å²) in [4.78, 5) is 11.0. The molecular formula is C14H8BrClN2O2. The maximum Gasteiger partial charge on any atom is 0.337 e. The molecule has 0 unspecified atom stereocenters. The molecule has 0 saturated carbocycles. The fourth-order valence-corrected chi connectivity index (χ4v) is 2.28. The normalized spacial score (nSPS) is 9.85. The molecule has 6 heteroatoms. The van der Waals surface area contributed by atoms with Gasteiger partial charge in [0.25, 0.3) is 0 Å². The summed E-state index contributed by atoms with van der Waals surface area (Å²) in [6.45, 7) is 0. The highest BCUT2D eigenvalue weighted by Gasteiger charge is 2.10. The van der Waals surface area contributed by atoms with E-state index in [-0.39, 0.29) is 10.6 Å². The van der Waals surface area contributed by atoms with E-state index < -0.39 is 5.97 Å². The lowest BCUT2D eigenvalue weighted by Crippen LogP contribution is -1.99. The molecule has 0 heterocycles. The summed E-state index contributed by atoms with van der Waals surface area (Å²) in [6, 6.07) is 11.8. The van der Waals surface area contributed by atoms with Gasteiger partial charge in [-0.25, -0.2) is 4.79 Å². The number of nitrogens with zero attached hydrogens (tertiary/aromatic N) is 1. The summed E-state index contributed by atoms with van der Waals surface area (Å²) >= 11 is 9.16. The molecule has 0 aromatic heterocycles. The van der Waals surface area contributed by atoms with Crippen molar-refractivity contribution in [1.82, 2.24) is 0 Å². The van der Waals surface area contributed by atoms with Crippen molar-refractivity contribution in [3.63, 3.8) is 0 Å². The zero-order valence-corrected chi connectivity index (χ0v) is 12.4. The Hall–Kier alpha value is -2.03. The van der Waals surface area contributed by atoms with Crippen molar-refractivity contribution in [1.29, 1.82) is 5.26 Å². The van der Waals surface area contributed by atoms with Gasteiger partial charge in [-0.15, -0.1) is 0 Å². The van der Waals surface area contributed by atoms with E-state index in [4.69, 9.17) is 22.0 Å². The minimum Gasteiger partial charge on any atom is -0.478 e. The minimum absolute atomic E-state index is 0.0291. The number of hydrogen-bond donors (Lipinski definition) is 2. The van der Waals surface area contributed by atoms with Gasteiger partial charge in [-0.2, -0.15) is 5.26 Å². The van der Waals surface area contributed by atoms with Crippen molar-refractivity contribution >= 4 is 44.9 Å². The van der Waals surface area contributed by atoms with Crippen LogP contribution in [0.25, 0.3) is 0 Å². The molecule has 2 aromatic carbocycles. The molecule has 0 aliphatic carbocycles. The Balaban J connectivity index is 2.33. The highest BCUT2D eigenvalue weighted by molar-refractivity contribution is 9.10. The van der Waals surface area contributed by atoms with Crippen LogP contribution in [0.3, 0.4) is 0 Å². The number of carbonyl (C=O) groups is 1. The third-order valence-electron chi connectivity index (χ3n) is 2.57. The van der Waals surface area contributed by atoms with E-state index in [0.29, 0.717) is 15.7 Å². The Morgan fingerprint density at radius 1 is 1.30 bits per heavy atom. The van der Waals surface area contributed by atoms with Gasteiger partial charge in [0.1, 0.15) is 0 Å². The van der Waals surface area contributed by atoms with Gasteiger partial charge in [0.2, 0.25) is 0 Å². The van der Waals surface area contributed by atoms with Gasteiger partial charge < -0.3 is 10.4 Å². The number of hydrogen-bond acceptors (Lipinski definition) is 3. The summed E-state index contributed by atoms with van der Waals surface area (Å²) in [6.07, 6.45) is 0. The number of carboxylic acid groups (broad SMARTS) is 1. The van der Waals surface area contributed by atoms with Gasteiger partial charge >= 0.3 is 5.97 Å². The number of nitriles is 1. The predicted octanol–water partition coefficient (Wildman–Crippen LogP) is 4.42. The van der Waals surface area contributed by atoms with Crippen LogP contribution in [0.1, 0.15) is 15.9 Å². The lowest BCUT2D eigenvalue weighted by molar-refractivity contribution is 0.0697. The average molecular weight is 352 g/mol. The van der Waals surface area contributed by atoms with E-state index in [9.17, 15) is 4.79 Å². The monoisotopic (exact) mass is 350 g/mol. The average Bonchev–Trinajstić information content (AvgIpc) is 2.42. The van der Waals surface area contributed by atoms with Gasteiger partial charge in [0.15, 0.2) is 0 Å². The van der Waals surface area contributed by atoms with Crippen LogP contribution in [-0.4, -0.2) is 11.1 Å². The van der Waals surface area contributed by atoms with Crippen LogP contribution in [-0.2, 0) is 0 Å². The first kappa shape index (κ1) is 14.4. The van der Waals surface area contributed by atoms with E-state index in [1.807, 2.05) is 6.07 Å². The largest absolute Gasteiger partial charge is 0.478 e. The second-order valence-corrected chi connectivity index (χ2v) is 5.19. The molecule has 0 radical (unpaired) electrons. The van der Waals surface area contributed by atoms with E-state index in [0.717, 1.165) is 5.69 Å². The standard InChI is InChI=1S/C14H8BrClN2O2/c15-11-5-8(7-17)1-4-13(11)18-9-2-3-12(16)10(6-9)14(19)20/h1-6,18H,(H,19,20). The van der Waals surface area contributed by atoms with E-state index >= 15 is 0 Å². The molecule has 0 aliphatic rings. The summed E-state index contributed by atoms with van der Waals surface area (Å²) in [7, 11) is 0. The van der Waals surface area contributed by atoms with Gasteiger partial charge in [-0.1, -0.05) is 11.6 Å². The fraction of sp³-hybridized carbons (Fsp3) is 0. The molecule has 0 fully saturated rings. The molecular weight excluding hydrogens is 344 g/mol. The van der Waals surface area contributed by atoms with Gasteiger partial charge in [-0.05, 0) is 52.3 Å². The Morgan fingerprint density at radius 3 is 2.65 bits per heavy atom. The molecule has 0 bridgehead atoms. The van der Waals surface area contributed by atoms with Crippen LogP contribution in [0.15, 0.2) is 40.9 Å². The first-order valence-electron chi connectivity index (χ1n) is 5.51. The first-order valence-corrected chi connectivity index (χ1v) is 6.68. The maximum absolute atomic E-state index is 11.0. The predicted molar refractivity (Wildman–Crippen MR) is 80.6 cm³/mol. The number of aromatic carboxylic acids is 1. The third kappa shape index (κ3) is 3.10. The van der Waals surface area contributed by atoms with Crippen molar-refractivity contribution in [2.45, 2.75) is 0 Å². The summed E-state index contributed by atoms with van der Waals surface area (Å²) in [5.41, 5.74) is 1.88. The fourth-order valence-electron chi connectivity index (χ4n) is 1.61. The number of benzene rings is 2. The second kappa shape index (κ2) is 5.95. The quantitative estimate of drug-likeness (QED) is 0.858. The van der Waals surface area contributed by atoms with Gasteiger partial charge in [0.05, 0.1) is 27.9 Å². The van der Waals surface area contributed by atoms with Crippen LogP contribution in [0.4, 0.5) is 11.4 Å². The van der Waals surface area contributed by atoms with Gasteiger partial charge in [0, 0.05) is 10.2 Å². The molecule has 4 nitrogen and oxygen atoms in total. The van der Waals surface area contributed by atoms with Crippen molar-refractivity contribution in [2.75, 3.05) is 5.32 Å².